The molecule has 134 valence electrons. The van der Waals surface area contributed by atoms with Crippen molar-refractivity contribution in [3.63, 3.8) is 0 Å². The highest BCUT2D eigenvalue weighted by atomic mass is 16.6. The van der Waals surface area contributed by atoms with Gasteiger partial charge in [-0.3, -0.25) is 29.8 Å². The van der Waals surface area contributed by atoms with E-state index in [0.29, 0.717) is 11.4 Å². The van der Waals surface area contributed by atoms with Crippen LogP contribution >= 0.6 is 0 Å². The van der Waals surface area contributed by atoms with Gasteiger partial charge < -0.3 is 10.6 Å². The molecular formula is C16H14N4O6. The molecule has 2 aromatic carbocycles. The van der Waals surface area contributed by atoms with Crippen LogP contribution in [-0.4, -0.2) is 21.7 Å². The number of hydrogen-bond acceptors (Lipinski definition) is 6. The minimum absolute atomic E-state index is 0.0371. The van der Waals surface area contributed by atoms with E-state index in [0.717, 1.165) is 12.1 Å². The van der Waals surface area contributed by atoms with Crippen molar-refractivity contribution in [3.8, 4) is 0 Å². The Labute approximate surface area is 147 Å². The van der Waals surface area contributed by atoms with Crippen molar-refractivity contribution in [2.75, 3.05) is 10.6 Å². The zero-order valence-electron chi connectivity index (χ0n) is 13.6. The number of nitro benzene ring substituents is 2. The molecule has 0 aliphatic carbocycles. The smallest absolute Gasteiger partial charge is 0.279 e. The number of nitro groups is 2. The molecular weight excluding hydrogens is 344 g/mol. The number of nitrogens with zero attached hydrogens (tertiary/aromatic N) is 2. The summed E-state index contributed by atoms with van der Waals surface area (Å²) in [6.45, 7) is 1.32. The number of para-hydroxylation sites is 2. The maximum absolute atomic E-state index is 12.2. The number of hydrogen-bond donors (Lipinski definition) is 2. The lowest BCUT2D eigenvalue weighted by molar-refractivity contribution is -0.394. The molecule has 0 saturated carbocycles. The summed E-state index contributed by atoms with van der Waals surface area (Å²) in [5.74, 6) is -0.891. The fraction of sp³-hybridized carbons (Fsp3) is 0.125. The molecule has 2 N–H and O–H groups in total. The van der Waals surface area contributed by atoms with Crippen LogP contribution in [0, 0.1) is 20.2 Å². The molecule has 0 heterocycles. The van der Waals surface area contributed by atoms with Crippen LogP contribution < -0.4 is 10.6 Å². The lowest BCUT2D eigenvalue weighted by atomic mass is 10.1. The van der Waals surface area contributed by atoms with Crippen molar-refractivity contribution in [3.05, 3.63) is 68.3 Å². The van der Waals surface area contributed by atoms with Crippen molar-refractivity contribution in [1.82, 2.24) is 0 Å². The monoisotopic (exact) mass is 358 g/mol. The molecule has 2 amide bonds. The summed E-state index contributed by atoms with van der Waals surface area (Å²) in [6.07, 6.45) is -0.358. The van der Waals surface area contributed by atoms with Gasteiger partial charge in [-0.1, -0.05) is 12.1 Å². The van der Waals surface area contributed by atoms with E-state index in [2.05, 4.69) is 10.6 Å². The van der Waals surface area contributed by atoms with Gasteiger partial charge in [-0.05, 0) is 18.2 Å². The number of amides is 2. The molecule has 10 nitrogen and oxygen atoms in total. The quantitative estimate of drug-likeness (QED) is 0.600. The second kappa shape index (κ2) is 7.83. The predicted octanol–water partition coefficient (Wildman–Crippen LogP) is 2.64. The topological polar surface area (TPSA) is 144 Å². The molecule has 2 rings (SSSR count). The Morgan fingerprint density at radius 2 is 1.58 bits per heavy atom. The van der Waals surface area contributed by atoms with E-state index in [-0.39, 0.29) is 17.9 Å². The van der Waals surface area contributed by atoms with E-state index in [1.165, 1.54) is 13.0 Å². The molecule has 0 radical (unpaired) electrons. The van der Waals surface area contributed by atoms with Gasteiger partial charge >= 0.3 is 0 Å². The molecule has 0 aliphatic rings. The van der Waals surface area contributed by atoms with Crippen LogP contribution in [0.3, 0.4) is 0 Å². The predicted molar refractivity (Wildman–Crippen MR) is 92.8 cm³/mol. The summed E-state index contributed by atoms with van der Waals surface area (Å²) >= 11 is 0. The number of carbonyl (C=O) groups is 2. The lowest BCUT2D eigenvalue weighted by Crippen LogP contribution is -2.17. The highest BCUT2D eigenvalue weighted by molar-refractivity contribution is 5.99. The molecule has 0 spiro atoms. The molecule has 0 fully saturated rings. The normalized spacial score (nSPS) is 10.0. The minimum atomic E-state index is -0.777. The summed E-state index contributed by atoms with van der Waals surface area (Å²) in [4.78, 5) is 43.8. The Morgan fingerprint density at radius 1 is 0.962 bits per heavy atom. The van der Waals surface area contributed by atoms with Crippen molar-refractivity contribution in [2.45, 2.75) is 13.3 Å². The van der Waals surface area contributed by atoms with Crippen molar-refractivity contribution in [2.24, 2.45) is 0 Å². The van der Waals surface area contributed by atoms with E-state index in [9.17, 15) is 29.8 Å². The third kappa shape index (κ3) is 4.60. The third-order valence-electron chi connectivity index (χ3n) is 3.34. The van der Waals surface area contributed by atoms with Crippen molar-refractivity contribution < 1.29 is 19.4 Å². The summed E-state index contributed by atoms with van der Waals surface area (Å²) in [5.41, 5.74) is -0.194. The molecule has 10 heteroatoms. The van der Waals surface area contributed by atoms with Crippen LogP contribution in [-0.2, 0) is 16.0 Å². The Balaban J connectivity index is 2.22. The largest absolute Gasteiger partial charge is 0.325 e. The number of benzene rings is 2. The Hall–Kier alpha value is -3.82. The maximum Gasteiger partial charge on any atom is 0.279 e. The van der Waals surface area contributed by atoms with Gasteiger partial charge in [0.1, 0.15) is 0 Å². The van der Waals surface area contributed by atoms with E-state index in [1.807, 2.05) is 0 Å². The Morgan fingerprint density at radius 3 is 2.12 bits per heavy atom. The minimum Gasteiger partial charge on any atom is -0.325 e. The highest BCUT2D eigenvalue weighted by Crippen LogP contribution is 2.26. The first kappa shape index (κ1) is 18.5. The first-order valence-corrected chi connectivity index (χ1v) is 7.36. The van der Waals surface area contributed by atoms with Crippen LogP contribution in [0.5, 0.6) is 0 Å². The summed E-state index contributed by atoms with van der Waals surface area (Å²) in [5, 5.41) is 27.0. The standard InChI is InChI=1S/C16H14N4O6/c1-10(21)17-13-4-2-3-5-14(13)18-16(22)8-11-6-7-12(19(23)24)9-15(11)20(25)26/h2-7,9H,8H2,1H3,(H,17,21)(H,18,22). The molecule has 0 bridgehead atoms. The Bertz CT molecular complexity index is 896. The van der Waals surface area contributed by atoms with Crippen LogP contribution in [0.1, 0.15) is 12.5 Å². The van der Waals surface area contributed by atoms with E-state index < -0.39 is 27.1 Å². The number of anilines is 2. The zero-order valence-corrected chi connectivity index (χ0v) is 13.6. The zero-order chi connectivity index (χ0) is 19.3. The molecule has 0 aliphatic heterocycles. The van der Waals surface area contributed by atoms with Crippen LogP contribution in [0.2, 0.25) is 0 Å². The number of nitrogens with one attached hydrogen (secondary N) is 2. The second-order valence-electron chi connectivity index (χ2n) is 5.28. The molecule has 0 saturated heterocycles. The van der Waals surface area contributed by atoms with E-state index in [1.54, 1.807) is 24.3 Å². The number of carbonyl (C=O) groups excluding carboxylic acids is 2. The van der Waals surface area contributed by atoms with Gasteiger partial charge in [0.2, 0.25) is 11.8 Å². The van der Waals surface area contributed by atoms with Gasteiger partial charge in [0, 0.05) is 18.6 Å². The Kier molecular flexibility index (Phi) is 5.58. The molecule has 0 aromatic heterocycles. The highest BCUT2D eigenvalue weighted by Gasteiger charge is 2.21. The van der Waals surface area contributed by atoms with Gasteiger partial charge in [-0.2, -0.15) is 0 Å². The number of non-ortho nitro benzene ring substituents is 1. The van der Waals surface area contributed by atoms with Crippen LogP contribution in [0.4, 0.5) is 22.7 Å². The van der Waals surface area contributed by atoms with E-state index in [4.69, 9.17) is 0 Å². The fourth-order valence-corrected chi connectivity index (χ4v) is 2.24. The molecule has 0 atom stereocenters. The molecule has 0 unspecified atom stereocenters. The van der Waals surface area contributed by atoms with Gasteiger partial charge in [0.15, 0.2) is 0 Å². The molecule has 2 aromatic rings. The summed E-state index contributed by atoms with van der Waals surface area (Å²) < 4.78 is 0. The average Bonchev–Trinajstić information content (AvgIpc) is 2.56. The second-order valence-corrected chi connectivity index (χ2v) is 5.28. The van der Waals surface area contributed by atoms with Crippen molar-refractivity contribution in [1.29, 1.82) is 0 Å². The lowest BCUT2D eigenvalue weighted by Gasteiger charge is -2.11. The average molecular weight is 358 g/mol. The SMILES string of the molecule is CC(=O)Nc1ccccc1NC(=O)Cc1ccc([N+](=O)[O-])cc1[N+](=O)[O-]. The number of rotatable bonds is 6. The van der Waals surface area contributed by atoms with Crippen LogP contribution in [0.25, 0.3) is 0 Å². The summed E-state index contributed by atoms with van der Waals surface area (Å²) in [6, 6.07) is 9.56. The first-order valence-electron chi connectivity index (χ1n) is 7.36. The maximum atomic E-state index is 12.2. The molecule has 26 heavy (non-hydrogen) atoms. The van der Waals surface area contributed by atoms with Gasteiger partial charge in [0.25, 0.3) is 11.4 Å². The van der Waals surface area contributed by atoms with Gasteiger partial charge in [0.05, 0.1) is 33.7 Å². The first-order chi connectivity index (χ1) is 12.3. The van der Waals surface area contributed by atoms with Crippen LogP contribution in [0.15, 0.2) is 42.5 Å². The van der Waals surface area contributed by atoms with Gasteiger partial charge in [-0.15, -0.1) is 0 Å². The third-order valence-corrected chi connectivity index (χ3v) is 3.34. The fourth-order valence-electron chi connectivity index (χ4n) is 2.24. The van der Waals surface area contributed by atoms with Gasteiger partial charge in [-0.25, -0.2) is 0 Å². The summed E-state index contributed by atoms with van der Waals surface area (Å²) in [7, 11) is 0. The van der Waals surface area contributed by atoms with Crippen molar-refractivity contribution >= 4 is 34.6 Å². The van der Waals surface area contributed by atoms with E-state index >= 15 is 0 Å².